The van der Waals surface area contributed by atoms with Crippen LogP contribution in [-0.4, -0.2) is 63.4 Å². The third-order valence-corrected chi connectivity index (χ3v) is 10.8. The molecule has 0 bridgehead atoms. The van der Waals surface area contributed by atoms with Crippen molar-refractivity contribution in [3.63, 3.8) is 0 Å². The second kappa shape index (κ2) is 15.2. The quantitative estimate of drug-likeness (QED) is 0.0720. The van der Waals surface area contributed by atoms with Gasteiger partial charge < -0.3 is 14.6 Å². The second-order valence-electron chi connectivity index (χ2n) is 12.9. The molecule has 2 aliphatic carbocycles. The first kappa shape index (κ1) is 35.0. The fraction of sp³-hybridized carbons (Fsp3) is 0.457. The largest absolute Gasteiger partial charge is 0.497 e. The number of methoxy groups -OCH3 is 2. The van der Waals surface area contributed by atoms with E-state index in [0.717, 1.165) is 36.1 Å². The standard InChI is InChI=1S/C35H46N4O7S/c1-45-28-12-8-24(9-13-28)18-25-19-27(20-25)30(21-32(40)39-42)33(46-2)38-35(22-31(35)26-6-4-3-5-7-26)34(41)37-17-16-23-10-14-29(15-11-23)47(36,43)44/h3-15,25,27,30-31,33-34,37-38,41-42H,16-22H2,1-2H3,(H,39,40)(H2,36,43,44). The van der Waals surface area contributed by atoms with Crippen LogP contribution < -0.4 is 26.0 Å². The summed E-state index contributed by atoms with van der Waals surface area (Å²) in [5.41, 5.74) is 4.25. The van der Waals surface area contributed by atoms with Crippen LogP contribution in [0.1, 0.15) is 48.3 Å². The van der Waals surface area contributed by atoms with Gasteiger partial charge in [-0.1, -0.05) is 54.6 Å². The molecule has 12 heteroatoms. The number of hydrogen-bond acceptors (Lipinski definition) is 9. The highest BCUT2D eigenvalue weighted by Crippen LogP contribution is 2.54. The molecule has 0 aromatic heterocycles. The van der Waals surface area contributed by atoms with Crippen molar-refractivity contribution in [1.29, 1.82) is 0 Å². The van der Waals surface area contributed by atoms with Crippen LogP contribution in [-0.2, 0) is 32.4 Å². The minimum Gasteiger partial charge on any atom is -0.497 e. The number of aliphatic hydroxyl groups is 1. The van der Waals surface area contributed by atoms with Crippen LogP contribution in [0.25, 0.3) is 0 Å². The zero-order valence-corrected chi connectivity index (χ0v) is 27.7. The Morgan fingerprint density at radius 2 is 1.66 bits per heavy atom. The molecule has 0 radical (unpaired) electrons. The third-order valence-electron chi connectivity index (χ3n) is 9.86. The number of hydrogen-bond donors (Lipinski definition) is 6. The predicted molar refractivity (Wildman–Crippen MR) is 177 cm³/mol. The molecule has 5 rings (SSSR count). The molecule has 47 heavy (non-hydrogen) atoms. The van der Waals surface area contributed by atoms with E-state index in [9.17, 15) is 23.5 Å². The van der Waals surface area contributed by atoms with Gasteiger partial charge in [0.2, 0.25) is 15.9 Å². The van der Waals surface area contributed by atoms with E-state index in [-0.39, 0.29) is 29.1 Å². The molecule has 2 fully saturated rings. The molecule has 7 N–H and O–H groups in total. The van der Waals surface area contributed by atoms with Crippen molar-refractivity contribution in [2.45, 2.75) is 67.3 Å². The van der Waals surface area contributed by atoms with E-state index >= 15 is 0 Å². The van der Waals surface area contributed by atoms with E-state index in [1.807, 2.05) is 42.5 Å². The van der Waals surface area contributed by atoms with Crippen molar-refractivity contribution in [2.24, 2.45) is 22.9 Å². The number of nitrogens with two attached hydrogens (primary N) is 1. The fourth-order valence-corrected chi connectivity index (χ4v) is 7.60. The van der Waals surface area contributed by atoms with Crippen LogP contribution in [0.3, 0.4) is 0 Å². The topological polar surface area (TPSA) is 172 Å². The maximum absolute atomic E-state index is 12.5. The number of amides is 1. The van der Waals surface area contributed by atoms with E-state index in [0.29, 0.717) is 25.3 Å². The molecule has 3 aromatic rings. The van der Waals surface area contributed by atoms with Crippen molar-refractivity contribution in [3.05, 3.63) is 95.6 Å². The average molecular weight is 667 g/mol. The first-order chi connectivity index (χ1) is 22.6. The lowest BCUT2D eigenvalue weighted by molar-refractivity contribution is -0.134. The summed E-state index contributed by atoms with van der Waals surface area (Å²) >= 11 is 0. The molecule has 3 aromatic carbocycles. The predicted octanol–water partition coefficient (Wildman–Crippen LogP) is 3.06. The van der Waals surface area contributed by atoms with E-state index in [1.54, 1.807) is 31.8 Å². The third kappa shape index (κ3) is 8.57. The van der Waals surface area contributed by atoms with E-state index in [2.05, 4.69) is 22.8 Å². The molecule has 0 saturated heterocycles. The van der Waals surface area contributed by atoms with Gasteiger partial charge in [0.25, 0.3) is 0 Å². The number of nitrogens with one attached hydrogen (secondary N) is 3. The number of carbonyl (C=O) groups is 1. The van der Waals surface area contributed by atoms with Gasteiger partial charge in [0, 0.05) is 31.9 Å². The Bertz CT molecular complexity index is 1570. The van der Waals surface area contributed by atoms with Gasteiger partial charge in [-0.05, 0) is 84.9 Å². The van der Waals surface area contributed by atoms with Crippen LogP contribution in [0.15, 0.2) is 83.8 Å². The van der Waals surface area contributed by atoms with Gasteiger partial charge in [0.15, 0.2) is 0 Å². The Kier molecular flexibility index (Phi) is 11.3. The number of primary sulfonamides is 1. The molecule has 254 valence electrons. The van der Waals surface area contributed by atoms with Gasteiger partial charge in [0.05, 0.1) is 17.5 Å². The highest BCUT2D eigenvalue weighted by atomic mass is 32.2. The van der Waals surface area contributed by atoms with E-state index in [4.69, 9.17) is 14.6 Å². The summed E-state index contributed by atoms with van der Waals surface area (Å²) in [6.07, 6.45) is 2.52. The Morgan fingerprint density at radius 3 is 2.26 bits per heavy atom. The number of hydroxylamine groups is 1. The maximum Gasteiger partial charge on any atom is 0.243 e. The molecule has 1 amide bonds. The normalized spacial score (nSPS) is 24.1. The molecule has 11 nitrogen and oxygen atoms in total. The fourth-order valence-electron chi connectivity index (χ4n) is 7.09. The van der Waals surface area contributed by atoms with Crippen LogP contribution in [0.5, 0.6) is 5.75 Å². The number of rotatable bonds is 17. The summed E-state index contributed by atoms with van der Waals surface area (Å²) in [5, 5.41) is 33.2. The number of carbonyl (C=O) groups excluding carboxylic acids is 1. The maximum atomic E-state index is 12.5. The van der Waals surface area contributed by atoms with Gasteiger partial charge in [-0.25, -0.2) is 19.0 Å². The Hall–Kier alpha value is -3.36. The lowest BCUT2D eigenvalue weighted by Gasteiger charge is -2.44. The van der Waals surface area contributed by atoms with Crippen molar-refractivity contribution in [2.75, 3.05) is 20.8 Å². The zero-order chi connectivity index (χ0) is 33.6. The molecule has 2 saturated carbocycles. The zero-order valence-electron chi connectivity index (χ0n) is 26.8. The molecular weight excluding hydrogens is 620 g/mol. The summed E-state index contributed by atoms with van der Waals surface area (Å²) < 4.78 is 34.5. The van der Waals surface area contributed by atoms with Crippen molar-refractivity contribution in [1.82, 2.24) is 16.1 Å². The van der Waals surface area contributed by atoms with Gasteiger partial charge >= 0.3 is 0 Å². The van der Waals surface area contributed by atoms with Crippen LogP contribution in [0.2, 0.25) is 0 Å². The Labute approximate surface area is 276 Å². The van der Waals surface area contributed by atoms with Gasteiger partial charge in [-0.3, -0.25) is 20.6 Å². The van der Waals surface area contributed by atoms with Gasteiger partial charge in [-0.15, -0.1) is 0 Å². The number of aliphatic hydroxyl groups excluding tert-OH is 1. The number of ether oxygens (including phenoxy) is 2. The monoisotopic (exact) mass is 666 g/mol. The number of sulfonamides is 1. The molecule has 0 spiro atoms. The molecular formula is C35H46N4O7S. The summed E-state index contributed by atoms with van der Waals surface area (Å²) in [7, 11) is -0.515. The second-order valence-corrected chi connectivity index (χ2v) is 14.4. The number of benzene rings is 3. The summed E-state index contributed by atoms with van der Waals surface area (Å²) in [4.78, 5) is 12.6. The molecule has 0 heterocycles. The lowest BCUT2D eigenvalue weighted by atomic mass is 9.65. The van der Waals surface area contributed by atoms with Gasteiger partial charge in [0.1, 0.15) is 18.2 Å². The summed E-state index contributed by atoms with van der Waals surface area (Å²) in [6.45, 7) is 0.435. The van der Waals surface area contributed by atoms with Gasteiger partial charge in [-0.2, -0.15) is 0 Å². The average Bonchev–Trinajstić information content (AvgIpc) is 3.80. The minimum absolute atomic E-state index is 0.00516. The first-order valence-electron chi connectivity index (χ1n) is 16.0. The van der Waals surface area contributed by atoms with Crippen LogP contribution in [0, 0.1) is 17.8 Å². The lowest BCUT2D eigenvalue weighted by Crippen LogP contribution is -2.58. The molecule has 5 atom stereocenters. The molecule has 2 aliphatic rings. The Morgan fingerprint density at radius 1 is 1.00 bits per heavy atom. The van der Waals surface area contributed by atoms with E-state index in [1.165, 1.54) is 17.7 Å². The minimum atomic E-state index is -3.77. The van der Waals surface area contributed by atoms with Crippen molar-refractivity contribution in [3.8, 4) is 5.75 Å². The van der Waals surface area contributed by atoms with Crippen molar-refractivity contribution >= 4 is 15.9 Å². The first-order valence-corrected chi connectivity index (χ1v) is 17.6. The highest BCUT2D eigenvalue weighted by molar-refractivity contribution is 7.89. The van der Waals surface area contributed by atoms with Crippen LogP contribution in [0.4, 0.5) is 0 Å². The summed E-state index contributed by atoms with van der Waals surface area (Å²) in [6, 6.07) is 24.5. The molecule has 5 unspecified atom stereocenters. The summed E-state index contributed by atoms with van der Waals surface area (Å²) in [5.74, 6) is 0.747. The Balaban J connectivity index is 1.28. The van der Waals surface area contributed by atoms with Crippen molar-refractivity contribution < 1.29 is 33.0 Å². The highest BCUT2D eigenvalue weighted by Gasteiger charge is 2.61. The SMILES string of the molecule is COc1ccc(CC2CC(C(CC(=O)NO)C(NC3(C(O)NCCc4ccc(S(N)(=O)=O)cc4)CC3c3ccccc3)OC)C2)cc1. The smallest absolute Gasteiger partial charge is 0.243 e. The van der Waals surface area contributed by atoms with Crippen LogP contribution >= 0.6 is 0 Å². The molecule has 0 aliphatic heterocycles. The van der Waals surface area contributed by atoms with E-state index < -0.39 is 33.9 Å².